The first-order chi connectivity index (χ1) is 8.58. The van der Waals surface area contributed by atoms with E-state index in [9.17, 15) is 0 Å². The number of nitrogens with zero attached hydrogens (tertiary/aromatic N) is 3. The lowest BCUT2D eigenvalue weighted by Crippen LogP contribution is -2.36. The van der Waals surface area contributed by atoms with Gasteiger partial charge in [0.2, 0.25) is 5.89 Å². The van der Waals surface area contributed by atoms with Gasteiger partial charge in [0.05, 0.1) is 19.2 Å². The van der Waals surface area contributed by atoms with E-state index in [0.29, 0.717) is 31.1 Å². The zero-order chi connectivity index (χ0) is 13.5. The SMILES string of the molecule is CCN(c1nnc(CNC(C)C)o1)C(C)COC. The fourth-order valence-corrected chi connectivity index (χ4v) is 1.69. The third-order valence-electron chi connectivity index (χ3n) is 2.64. The Bertz CT molecular complexity index is 341. The summed E-state index contributed by atoms with van der Waals surface area (Å²) in [6, 6.07) is 1.17. The Kier molecular flexibility index (Phi) is 6.07. The fraction of sp³-hybridized carbons (Fsp3) is 0.833. The second-order valence-electron chi connectivity index (χ2n) is 4.60. The van der Waals surface area contributed by atoms with E-state index >= 15 is 0 Å². The lowest BCUT2D eigenvalue weighted by Gasteiger charge is -2.24. The predicted octanol–water partition coefficient (Wildman–Crippen LogP) is 1.43. The normalized spacial score (nSPS) is 13.0. The minimum absolute atomic E-state index is 0.214. The van der Waals surface area contributed by atoms with Crippen LogP contribution in [0.2, 0.25) is 0 Å². The van der Waals surface area contributed by atoms with Crippen LogP contribution in [0.4, 0.5) is 6.01 Å². The maximum absolute atomic E-state index is 5.64. The van der Waals surface area contributed by atoms with E-state index in [1.54, 1.807) is 7.11 Å². The second-order valence-corrected chi connectivity index (χ2v) is 4.60. The summed E-state index contributed by atoms with van der Waals surface area (Å²) in [6.07, 6.45) is 0. The molecule has 18 heavy (non-hydrogen) atoms. The number of hydrogen-bond acceptors (Lipinski definition) is 6. The third-order valence-corrected chi connectivity index (χ3v) is 2.64. The molecule has 0 aromatic carbocycles. The number of rotatable bonds is 8. The fourth-order valence-electron chi connectivity index (χ4n) is 1.69. The minimum atomic E-state index is 0.214. The van der Waals surface area contributed by atoms with E-state index in [2.05, 4.69) is 43.2 Å². The predicted molar refractivity (Wildman–Crippen MR) is 70.6 cm³/mol. The van der Waals surface area contributed by atoms with Gasteiger partial charge in [-0.05, 0) is 13.8 Å². The molecule has 0 radical (unpaired) electrons. The van der Waals surface area contributed by atoms with Crippen LogP contribution in [0.1, 0.15) is 33.6 Å². The molecule has 0 amide bonds. The molecule has 0 aliphatic rings. The number of aromatic nitrogens is 2. The molecule has 104 valence electrons. The van der Waals surface area contributed by atoms with E-state index in [4.69, 9.17) is 9.15 Å². The Morgan fingerprint density at radius 3 is 2.61 bits per heavy atom. The van der Waals surface area contributed by atoms with Crippen LogP contribution in [0.3, 0.4) is 0 Å². The van der Waals surface area contributed by atoms with Gasteiger partial charge in [-0.1, -0.05) is 18.9 Å². The highest BCUT2D eigenvalue weighted by atomic mass is 16.5. The molecular formula is C12H24N4O2. The van der Waals surface area contributed by atoms with Crippen LogP contribution in [0.15, 0.2) is 4.42 Å². The summed E-state index contributed by atoms with van der Waals surface area (Å²) < 4.78 is 10.8. The van der Waals surface area contributed by atoms with Gasteiger partial charge in [0.25, 0.3) is 0 Å². The quantitative estimate of drug-likeness (QED) is 0.759. The van der Waals surface area contributed by atoms with Crippen molar-refractivity contribution < 1.29 is 9.15 Å². The van der Waals surface area contributed by atoms with Crippen molar-refractivity contribution in [3.63, 3.8) is 0 Å². The number of methoxy groups -OCH3 is 1. The molecule has 0 saturated carbocycles. The molecule has 1 aromatic heterocycles. The molecule has 1 heterocycles. The average Bonchev–Trinajstić information content (AvgIpc) is 2.76. The van der Waals surface area contributed by atoms with Crippen molar-refractivity contribution in [1.29, 1.82) is 0 Å². The van der Waals surface area contributed by atoms with Crippen molar-refractivity contribution in [3.05, 3.63) is 5.89 Å². The molecule has 1 rings (SSSR count). The van der Waals surface area contributed by atoms with Gasteiger partial charge < -0.3 is 19.4 Å². The van der Waals surface area contributed by atoms with Gasteiger partial charge in [0.15, 0.2) is 0 Å². The van der Waals surface area contributed by atoms with Crippen LogP contribution >= 0.6 is 0 Å². The Labute approximate surface area is 109 Å². The van der Waals surface area contributed by atoms with Crippen LogP contribution in [-0.2, 0) is 11.3 Å². The van der Waals surface area contributed by atoms with Gasteiger partial charge in [-0.3, -0.25) is 0 Å². The molecule has 1 N–H and O–H groups in total. The topological polar surface area (TPSA) is 63.4 Å². The molecule has 0 spiro atoms. The van der Waals surface area contributed by atoms with Crippen LogP contribution in [0, 0.1) is 0 Å². The maximum atomic E-state index is 5.64. The highest BCUT2D eigenvalue weighted by molar-refractivity contribution is 5.25. The number of ether oxygens (including phenoxy) is 1. The lowest BCUT2D eigenvalue weighted by molar-refractivity contribution is 0.180. The van der Waals surface area contributed by atoms with Crippen molar-refractivity contribution in [2.75, 3.05) is 25.2 Å². The van der Waals surface area contributed by atoms with Gasteiger partial charge in [0, 0.05) is 19.7 Å². The van der Waals surface area contributed by atoms with E-state index in [1.165, 1.54) is 0 Å². The van der Waals surface area contributed by atoms with Crippen LogP contribution in [0.5, 0.6) is 0 Å². The highest BCUT2D eigenvalue weighted by Crippen LogP contribution is 2.15. The Hall–Kier alpha value is -1.14. The van der Waals surface area contributed by atoms with E-state index < -0.39 is 0 Å². The van der Waals surface area contributed by atoms with Gasteiger partial charge in [-0.25, -0.2) is 0 Å². The first kappa shape index (κ1) is 14.9. The molecule has 6 nitrogen and oxygen atoms in total. The van der Waals surface area contributed by atoms with Crippen LogP contribution in [-0.4, -0.2) is 42.5 Å². The van der Waals surface area contributed by atoms with E-state index in [-0.39, 0.29) is 6.04 Å². The molecule has 0 aliphatic heterocycles. The van der Waals surface area contributed by atoms with Crippen molar-refractivity contribution >= 4 is 6.01 Å². The molecule has 0 aliphatic carbocycles. The van der Waals surface area contributed by atoms with Gasteiger partial charge >= 0.3 is 6.01 Å². The van der Waals surface area contributed by atoms with Gasteiger partial charge in [-0.2, -0.15) is 0 Å². The Balaban J connectivity index is 2.64. The third kappa shape index (κ3) is 4.27. The monoisotopic (exact) mass is 256 g/mol. The largest absolute Gasteiger partial charge is 0.407 e. The summed E-state index contributed by atoms with van der Waals surface area (Å²) in [5, 5.41) is 11.4. The first-order valence-corrected chi connectivity index (χ1v) is 6.39. The first-order valence-electron chi connectivity index (χ1n) is 6.39. The zero-order valence-electron chi connectivity index (χ0n) is 11.9. The molecular weight excluding hydrogens is 232 g/mol. The number of nitrogens with one attached hydrogen (secondary N) is 1. The molecule has 0 bridgehead atoms. The van der Waals surface area contributed by atoms with Crippen molar-refractivity contribution in [2.24, 2.45) is 0 Å². The maximum Gasteiger partial charge on any atom is 0.318 e. The highest BCUT2D eigenvalue weighted by Gasteiger charge is 2.18. The summed E-state index contributed by atoms with van der Waals surface area (Å²) in [4.78, 5) is 2.04. The number of hydrogen-bond donors (Lipinski definition) is 1. The molecule has 0 saturated heterocycles. The van der Waals surface area contributed by atoms with Crippen LogP contribution in [0.25, 0.3) is 0 Å². The van der Waals surface area contributed by atoms with Crippen molar-refractivity contribution in [1.82, 2.24) is 15.5 Å². The van der Waals surface area contributed by atoms with Crippen molar-refractivity contribution in [2.45, 2.75) is 46.3 Å². The molecule has 1 atom stereocenters. The van der Waals surface area contributed by atoms with Crippen molar-refractivity contribution in [3.8, 4) is 0 Å². The average molecular weight is 256 g/mol. The lowest BCUT2D eigenvalue weighted by atomic mass is 10.3. The summed E-state index contributed by atoms with van der Waals surface area (Å²) in [6.45, 7) is 10.3. The zero-order valence-corrected chi connectivity index (χ0v) is 11.9. The van der Waals surface area contributed by atoms with Gasteiger partial charge in [0.1, 0.15) is 0 Å². The Morgan fingerprint density at radius 2 is 2.06 bits per heavy atom. The summed E-state index contributed by atoms with van der Waals surface area (Å²) in [5.41, 5.74) is 0. The smallest absolute Gasteiger partial charge is 0.318 e. The Morgan fingerprint density at radius 1 is 1.33 bits per heavy atom. The van der Waals surface area contributed by atoms with E-state index in [1.807, 2.05) is 4.90 Å². The molecule has 0 fully saturated rings. The second kappa shape index (κ2) is 7.33. The standard InChI is InChI=1S/C12H24N4O2/c1-6-16(10(4)8-17-5)12-15-14-11(18-12)7-13-9(2)3/h9-10,13H,6-8H2,1-5H3. The van der Waals surface area contributed by atoms with Crippen LogP contribution < -0.4 is 10.2 Å². The number of anilines is 1. The minimum Gasteiger partial charge on any atom is -0.407 e. The summed E-state index contributed by atoms with van der Waals surface area (Å²) >= 11 is 0. The summed E-state index contributed by atoms with van der Waals surface area (Å²) in [5.74, 6) is 0.613. The number of likely N-dealkylation sites (N-methyl/N-ethyl adjacent to an activating group) is 1. The molecule has 1 unspecified atom stereocenters. The van der Waals surface area contributed by atoms with Gasteiger partial charge in [-0.15, -0.1) is 5.10 Å². The summed E-state index contributed by atoms with van der Waals surface area (Å²) in [7, 11) is 1.69. The molecule has 1 aromatic rings. The molecule has 6 heteroatoms. The van der Waals surface area contributed by atoms with E-state index in [0.717, 1.165) is 6.54 Å².